The highest BCUT2D eigenvalue weighted by Gasteiger charge is 2.42. The summed E-state index contributed by atoms with van der Waals surface area (Å²) in [6.45, 7) is 10.6. The van der Waals surface area contributed by atoms with Gasteiger partial charge in [-0.05, 0) is 61.5 Å². The predicted molar refractivity (Wildman–Crippen MR) is 169 cm³/mol. The second-order valence-electron chi connectivity index (χ2n) is 11.9. The average Bonchev–Trinajstić information content (AvgIpc) is 3.00. The zero-order chi connectivity index (χ0) is 31.7. The fourth-order valence-electron chi connectivity index (χ4n) is 5.40. The molecule has 0 radical (unpaired) electrons. The van der Waals surface area contributed by atoms with E-state index in [1.807, 2.05) is 75.4 Å². The van der Waals surface area contributed by atoms with Crippen LogP contribution in [0.3, 0.4) is 0 Å². The minimum Gasteiger partial charge on any atom is -0.496 e. The van der Waals surface area contributed by atoms with Crippen LogP contribution in [0.1, 0.15) is 37.8 Å². The molecule has 0 aliphatic carbocycles. The number of hydrogen-bond donors (Lipinski definition) is 1. The molecule has 44 heavy (non-hydrogen) atoms. The van der Waals surface area contributed by atoms with Gasteiger partial charge in [-0.3, -0.25) is 0 Å². The summed E-state index contributed by atoms with van der Waals surface area (Å²) >= 11 is 0. The topological polar surface area (TPSA) is 95.9 Å². The van der Waals surface area contributed by atoms with Gasteiger partial charge in [0.1, 0.15) is 29.8 Å². The van der Waals surface area contributed by atoms with Crippen LogP contribution in [0, 0.1) is 0 Å². The van der Waals surface area contributed by atoms with Gasteiger partial charge in [0.2, 0.25) is 0 Å². The lowest BCUT2D eigenvalue weighted by Crippen LogP contribution is -2.55. The molecule has 9 nitrogen and oxygen atoms in total. The van der Waals surface area contributed by atoms with Crippen LogP contribution in [-0.4, -0.2) is 87.1 Å². The molecule has 1 saturated heterocycles. The SMILES string of the molecule is C=CCOc1ccc([C@@H]2[C@@H](OCc3cc(OC)c4ccccc4c3)CN(C(=O)OC(C)(C)C)C[C@H]2OC[C@@H](O)COC)cc1. The fourth-order valence-corrected chi connectivity index (χ4v) is 5.40. The number of nitrogens with zero attached hydrogens (tertiary/aromatic N) is 1. The maximum Gasteiger partial charge on any atom is 0.410 e. The molecule has 1 fully saturated rings. The molecule has 0 spiro atoms. The molecule has 1 N–H and O–H groups in total. The summed E-state index contributed by atoms with van der Waals surface area (Å²) in [5, 5.41) is 12.5. The van der Waals surface area contributed by atoms with Crippen molar-refractivity contribution in [2.75, 3.05) is 47.1 Å². The molecule has 9 heteroatoms. The first-order valence-electron chi connectivity index (χ1n) is 14.9. The molecule has 3 aromatic rings. The van der Waals surface area contributed by atoms with Crippen molar-refractivity contribution in [1.82, 2.24) is 4.90 Å². The Morgan fingerprint density at radius 2 is 1.73 bits per heavy atom. The van der Waals surface area contributed by atoms with Gasteiger partial charge in [0, 0.05) is 18.4 Å². The maximum absolute atomic E-state index is 13.3. The number of aliphatic hydroxyl groups is 1. The minimum absolute atomic E-state index is 0.0340. The van der Waals surface area contributed by atoms with Crippen LogP contribution in [0.15, 0.2) is 73.3 Å². The molecule has 0 unspecified atom stereocenters. The largest absolute Gasteiger partial charge is 0.496 e. The predicted octanol–water partition coefficient (Wildman–Crippen LogP) is 5.73. The Balaban J connectivity index is 1.67. The molecule has 4 rings (SSSR count). The second-order valence-corrected chi connectivity index (χ2v) is 11.9. The number of carbonyl (C=O) groups is 1. The van der Waals surface area contributed by atoms with E-state index in [9.17, 15) is 9.90 Å². The standard InChI is InChI=1S/C35H45NO8/c1-7-16-41-28-14-12-25(13-15-28)33-31(42-21-24-17-26-10-8-9-11-29(26)30(18-24)40-6)19-36(34(38)44-35(2,3)4)20-32(33)43-23-27(37)22-39-5/h7-15,17-18,27,31-33,37H,1,16,19-23H2,2-6H3/t27-,31-,32+,33+/m0/s1. The first-order valence-corrected chi connectivity index (χ1v) is 14.9. The van der Waals surface area contributed by atoms with E-state index < -0.39 is 30.0 Å². The fraction of sp³-hybridized carbons (Fsp3) is 0.457. The number of aliphatic hydroxyl groups excluding tert-OH is 1. The minimum atomic E-state index is -0.823. The third kappa shape index (κ3) is 8.95. The Morgan fingerprint density at radius 3 is 2.39 bits per heavy atom. The Morgan fingerprint density at radius 1 is 1.02 bits per heavy atom. The van der Waals surface area contributed by atoms with Crippen LogP contribution in [0.4, 0.5) is 4.79 Å². The number of carbonyl (C=O) groups excluding carboxylic acids is 1. The van der Waals surface area contributed by atoms with Gasteiger partial charge in [-0.25, -0.2) is 4.79 Å². The normalized spacial score (nSPS) is 19.4. The summed E-state index contributed by atoms with van der Waals surface area (Å²) in [7, 11) is 3.18. The van der Waals surface area contributed by atoms with E-state index in [1.54, 1.807) is 18.1 Å². The average molecular weight is 608 g/mol. The number of fused-ring (bicyclic) bond motifs is 1. The Labute approximate surface area is 260 Å². The van der Waals surface area contributed by atoms with Crippen molar-refractivity contribution in [2.24, 2.45) is 0 Å². The number of amides is 1. The van der Waals surface area contributed by atoms with Gasteiger partial charge in [0.05, 0.1) is 52.2 Å². The van der Waals surface area contributed by atoms with Crippen molar-refractivity contribution < 1.29 is 38.3 Å². The number of benzene rings is 3. The number of rotatable bonds is 13. The van der Waals surface area contributed by atoms with Crippen molar-refractivity contribution in [3.63, 3.8) is 0 Å². The molecule has 1 amide bonds. The monoisotopic (exact) mass is 607 g/mol. The highest BCUT2D eigenvalue weighted by Crippen LogP contribution is 2.36. The van der Waals surface area contributed by atoms with Crippen LogP contribution in [-0.2, 0) is 25.6 Å². The Bertz CT molecular complexity index is 1370. The lowest BCUT2D eigenvalue weighted by atomic mass is 9.84. The van der Waals surface area contributed by atoms with Gasteiger partial charge in [0.25, 0.3) is 0 Å². The summed E-state index contributed by atoms with van der Waals surface area (Å²) in [5.74, 6) is 1.22. The highest BCUT2D eigenvalue weighted by atomic mass is 16.6. The van der Waals surface area contributed by atoms with E-state index >= 15 is 0 Å². The molecule has 4 atom stereocenters. The lowest BCUT2D eigenvalue weighted by Gasteiger charge is -2.44. The summed E-state index contributed by atoms with van der Waals surface area (Å²) in [5.41, 5.74) is 1.24. The first kappa shape index (κ1) is 33.3. The zero-order valence-corrected chi connectivity index (χ0v) is 26.4. The molecule has 3 aromatic carbocycles. The molecule has 1 heterocycles. The molecule has 0 saturated carbocycles. The second kappa shape index (κ2) is 15.4. The smallest absolute Gasteiger partial charge is 0.410 e. The maximum atomic E-state index is 13.3. The molecular formula is C35H45NO8. The lowest BCUT2D eigenvalue weighted by molar-refractivity contribution is -0.112. The summed E-state index contributed by atoms with van der Waals surface area (Å²) in [6.07, 6.45) is -0.536. The quantitative estimate of drug-likeness (QED) is 0.247. The summed E-state index contributed by atoms with van der Waals surface area (Å²) in [6, 6.07) is 19.9. The molecule has 0 bridgehead atoms. The number of methoxy groups -OCH3 is 2. The molecule has 1 aliphatic rings. The van der Waals surface area contributed by atoms with Crippen LogP contribution in [0.5, 0.6) is 11.5 Å². The van der Waals surface area contributed by atoms with Crippen LogP contribution in [0.25, 0.3) is 10.8 Å². The van der Waals surface area contributed by atoms with E-state index in [1.165, 1.54) is 7.11 Å². The van der Waals surface area contributed by atoms with E-state index in [0.29, 0.717) is 18.9 Å². The van der Waals surface area contributed by atoms with Crippen molar-refractivity contribution in [2.45, 2.75) is 57.2 Å². The summed E-state index contributed by atoms with van der Waals surface area (Å²) in [4.78, 5) is 14.9. The third-order valence-electron chi connectivity index (χ3n) is 7.32. The third-order valence-corrected chi connectivity index (χ3v) is 7.32. The number of hydrogen-bond acceptors (Lipinski definition) is 8. The van der Waals surface area contributed by atoms with Crippen LogP contribution in [0.2, 0.25) is 0 Å². The number of ether oxygens (including phenoxy) is 6. The van der Waals surface area contributed by atoms with Crippen LogP contribution < -0.4 is 9.47 Å². The molecule has 238 valence electrons. The van der Waals surface area contributed by atoms with E-state index in [4.69, 9.17) is 28.4 Å². The number of likely N-dealkylation sites (tertiary alicyclic amines) is 1. The Hall–Kier alpha value is -3.63. The van der Waals surface area contributed by atoms with Crippen molar-refractivity contribution in [3.8, 4) is 11.5 Å². The van der Waals surface area contributed by atoms with Gasteiger partial charge >= 0.3 is 6.09 Å². The first-order chi connectivity index (χ1) is 21.1. The zero-order valence-electron chi connectivity index (χ0n) is 26.4. The van der Waals surface area contributed by atoms with Gasteiger partial charge in [-0.1, -0.05) is 49.1 Å². The van der Waals surface area contributed by atoms with Crippen molar-refractivity contribution in [3.05, 3.63) is 84.4 Å². The van der Waals surface area contributed by atoms with Gasteiger partial charge < -0.3 is 38.4 Å². The molecule has 1 aliphatic heterocycles. The number of piperidine rings is 1. The van der Waals surface area contributed by atoms with Crippen molar-refractivity contribution >= 4 is 16.9 Å². The summed E-state index contributed by atoms with van der Waals surface area (Å²) < 4.78 is 35.2. The van der Waals surface area contributed by atoms with Gasteiger partial charge in [0.15, 0.2) is 0 Å². The van der Waals surface area contributed by atoms with Crippen molar-refractivity contribution in [1.29, 1.82) is 0 Å². The van der Waals surface area contributed by atoms with Gasteiger partial charge in [-0.2, -0.15) is 0 Å². The van der Waals surface area contributed by atoms with E-state index in [2.05, 4.69) is 12.6 Å². The van der Waals surface area contributed by atoms with Crippen LogP contribution >= 0.6 is 0 Å². The van der Waals surface area contributed by atoms with Gasteiger partial charge in [-0.15, -0.1) is 0 Å². The van der Waals surface area contributed by atoms with E-state index in [-0.39, 0.29) is 32.3 Å². The Kier molecular flexibility index (Phi) is 11.6. The molecule has 0 aromatic heterocycles. The van der Waals surface area contributed by atoms with E-state index in [0.717, 1.165) is 27.6 Å². The highest BCUT2D eigenvalue weighted by molar-refractivity contribution is 5.89. The molecular weight excluding hydrogens is 562 g/mol.